The molecule has 0 radical (unpaired) electrons. The van der Waals surface area contributed by atoms with Gasteiger partial charge in [0.05, 0.1) is 11.0 Å². The van der Waals surface area contributed by atoms with E-state index >= 15 is 0 Å². The van der Waals surface area contributed by atoms with Gasteiger partial charge in [-0.1, -0.05) is 15.9 Å². The van der Waals surface area contributed by atoms with Crippen LogP contribution < -0.4 is 5.90 Å². The Morgan fingerprint density at radius 1 is 1.33 bits per heavy atom. The summed E-state index contributed by atoms with van der Waals surface area (Å²) >= 11 is 3.28. The van der Waals surface area contributed by atoms with Gasteiger partial charge in [-0.2, -0.15) is 4.31 Å². The largest absolute Gasteiger partial charge is 0.300 e. The molecule has 1 saturated heterocycles. The standard InChI is InChI=1S/C11H15BrN2O3S/c12-9-3-5-11(6-4-9)18(15,16)14-7-1-2-10(8-14)17-13/h3-6,10H,1-2,7-8,13H2. The highest BCUT2D eigenvalue weighted by Crippen LogP contribution is 2.22. The molecule has 0 bridgehead atoms. The maximum Gasteiger partial charge on any atom is 0.243 e. The van der Waals surface area contributed by atoms with Gasteiger partial charge in [0.25, 0.3) is 0 Å². The van der Waals surface area contributed by atoms with Gasteiger partial charge < -0.3 is 0 Å². The monoisotopic (exact) mass is 334 g/mol. The third kappa shape index (κ3) is 2.92. The molecule has 100 valence electrons. The van der Waals surface area contributed by atoms with Gasteiger partial charge >= 0.3 is 0 Å². The fourth-order valence-electron chi connectivity index (χ4n) is 1.99. The Morgan fingerprint density at radius 3 is 2.61 bits per heavy atom. The fraction of sp³-hybridized carbons (Fsp3) is 0.455. The Kier molecular flexibility index (Phi) is 4.39. The van der Waals surface area contributed by atoms with Gasteiger partial charge in [-0.25, -0.2) is 14.3 Å². The van der Waals surface area contributed by atoms with Crippen LogP contribution in [0.5, 0.6) is 0 Å². The second-order valence-electron chi connectivity index (χ2n) is 4.22. The summed E-state index contributed by atoms with van der Waals surface area (Å²) in [4.78, 5) is 5.05. The van der Waals surface area contributed by atoms with E-state index in [4.69, 9.17) is 10.7 Å². The minimum atomic E-state index is -3.44. The SMILES string of the molecule is NOC1CCCN(S(=O)(=O)c2ccc(Br)cc2)C1. The molecular formula is C11H15BrN2O3S. The Labute approximate surface area is 115 Å². The van der Waals surface area contributed by atoms with Crippen LogP contribution in [0.3, 0.4) is 0 Å². The summed E-state index contributed by atoms with van der Waals surface area (Å²) in [5.41, 5.74) is 0. The van der Waals surface area contributed by atoms with Gasteiger partial charge in [0.1, 0.15) is 0 Å². The molecule has 5 nitrogen and oxygen atoms in total. The van der Waals surface area contributed by atoms with E-state index < -0.39 is 10.0 Å². The molecule has 1 heterocycles. The third-order valence-corrected chi connectivity index (χ3v) is 5.39. The van der Waals surface area contributed by atoms with Crippen LogP contribution in [0.4, 0.5) is 0 Å². The molecule has 18 heavy (non-hydrogen) atoms. The zero-order chi connectivity index (χ0) is 13.2. The van der Waals surface area contributed by atoms with E-state index in [9.17, 15) is 8.42 Å². The van der Waals surface area contributed by atoms with Gasteiger partial charge in [0, 0.05) is 17.6 Å². The van der Waals surface area contributed by atoms with E-state index in [1.54, 1.807) is 24.3 Å². The summed E-state index contributed by atoms with van der Waals surface area (Å²) in [5.74, 6) is 5.14. The number of hydrogen-bond donors (Lipinski definition) is 1. The van der Waals surface area contributed by atoms with Crippen molar-refractivity contribution in [2.45, 2.75) is 23.8 Å². The summed E-state index contributed by atoms with van der Waals surface area (Å²) in [6, 6.07) is 6.61. The zero-order valence-corrected chi connectivity index (χ0v) is 12.2. The van der Waals surface area contributed by atoms with E-state index in [1.165, 1.54) is 4.31 Å². The first-order valence-electron chi connectivity index (χ1n) is 5.65. The van der Waals surface area contributed by atoms with Gasteiger partial charge in [0.15, 0.2) is 0 Å². The molecular weight excluding hydrogens is 320 g/mol. The van der Waals surface area contributed by atoms with Crippen molar-refractivity contribution in [2.24, 2.45) is 5.90 Å². The number of nitrogens with zero attached hydrogens (tertiary/aromatic N) is 1. The number of sulfonamides is 1. The molecule has 1 atom stereocenters. The number of nitrogens with two attached hydrogens (primary N) is 1. The average Bonchev–Trinajstić information content (AvgIpc) is 2.39. The zero-order valence-electron chi connectivity index (χ0n) is 9.75. The van der Waals surface area contributed by atoms with E-state index in [0.717, 1.165) is 17.3 Å². The van der Waals surface area contributed by atoms with Crippen molar-refractivity contribution in [3.63, 3.8) is 0 Å². The van der Waals surface area contributed by atoms with Gasteiger partial charge in [-0.05, 0) is 37.1 Å². The van der Waals surface area contributed by atoms with Crippen molar-refractivity contribution in [1.82, 2.24) is 4.31 Å². The van der Waals surface area contributed by atoms with Gasteiger partial charge in [-0.3, -0.25) is 4.84 Å². The Balaban J connectivity index is 2.22. The second kappa shape index (κ2) is 5.66. The minimum Gasteiger partial charge on any atom is -0.300 e. The molecule has 2 N–H and O–H groups in total. The van der Waals surface area contributed by atoms with Crippen molar-refractivity contribution >= 4 is 26.0 Å². The van der Waals surface area contributed by atoms with E-state index in [2.05, 4.69) is 15.9 Å². The predicted octanol–water partition coefficient (Wildman–Crippen LogP) is 1.49. The molecule has 1 aromatic rings. The number of benzene rings is 1. The van der Waals surface area contributed by atoms with E-state index in [1.807, 2.05) is 0 Å². The van der Waals surface area contributed by atoms with Crippen LogP contribution in [0.2, 0.25) is 0 Å². The quantitative estimate of drug-likeness (QED) is 0.850. The summed E-state index contributed by atoms with van der Waals surface area (Å²) in [5, 5.41) is 0. The summed E-state index contributed by atoms with van der Waals surface area (Å²) < 4.78 is 27.0. The molecule has 0 amide bonds. The Morgan fingerprint density at radius 2 is 2.00 bits per heavy atom. The predicted molar refractivity (Wildman–Crippen MR) is 71.2 cm³/mol. The van der Waals surface area contributed by atoms with Crippen molar-refractivity contribution < 1.29 is 13.3 Å². The van der Waals surface area contributed by atoms with Crippen molar-refractivity contribution in [3.05, 3.63) is 28.7 Å². The molecule has 7 heteroatoms. The Bertz CT molecular complexity index is 504. The third-order valence-electron chi connectivity index (χ3n) is 2.98. The molecule has 1 aliphatic rings. The summed E-state index contributed by atoms with van der Waals surface area (Å²) in [6.07, 6.45) is 1.34. The number of hydrogen-bond acceptors (Lipinski definition) is 4. The summed E-state index contributed by atoms with van der Waals surface area (Å²) in [6.45, 7) is 0.827. The molecule has 0 spiro atoms. The first kappa shape index (κ1) is 14.0. The van der Waals surface area contributed by atoms with E-state index in [-0.39, 0.29) is 6.10 Å². The maximum absolute atomic E-state index is 12.4. The topological polar surface area (TPSA) is 72.6 Å². The highest BCUT2D eigenvalue weighted by molar-refractivity contribution is 9.10. The van der Waals surface area contributed by atoms with Crippen molar-refractivity contribution in [1.29, 1.82) is 0 Å². The molecule has 1 unspecified atom stereocenters. The average molecular weight is 335 g/mol. The molecule has 0 aliphatic carbocycles. The van der Waals surface area contributed by atoms with Crippen molar-refractivity contribution in [2.75, 3.05) is 13.1 Å². The highest BCUT2D eigenvalue weighted by atomic mass is 79.9. The molecule has 1 fully saturated rings. The van der Waals surface area contributed by atoms with Crippen LogP contribution in [0.25, 0.3) is 0 Å². The van der Waals surface area contributed by atoms with Crippen LogP contribution in [0.15, 0.2) is 33.6 Å². The molecule has 1 aliphatic heterocycles. The first-order valence-corrected chi connectivity index (χ1v) is 7.88. The van der Waals surface area contributed by atoms with Crippen LogP contribution in [-0.2, 0) is 14.9 Å². The lowest BCUT2D eigenvalue weighted by molar-refractivity contribution is 0.0182. The minimum absolute atomic E-state index is 0.219. The molecule has 0 saturated carbocycles. The normalized spacial score (nSPS) is 22.0. The first-order chi connectivity index (χ1) is 8.54. The smallest absolute Gasteiger partial charge is 0.243 e. The lowest BCUT2D eigenvalue weighted by Gasteiger charge is -2.30. The van der Waals surface area contributed by atoms with Gasteiger partial charge in [0.2, 0.25) is 10.0 Å². The van der Waals surface area contributed by atoms with Crippen LogP contribution in [-0.4, -0.2) is 31.9 Å². The highest BCUT2D eigenvalue weighted by Gasteiger charge is 2.30. The lowest BCUT2D eigenvalue weighted by atomic mass is 10.1. The van der Waals surface area contributed by atoms with Crippen LogP contribution >= 0.6 is 15.9 Å². The lowest BCUT2D eigenvalue weighted by Crippen LogP contribution is -2.43. The van der Waals surface area contributed by atoms with Crippen LogP contribution in [0.1, 0.15) is 12.8 Å². The van der Waals surface area contributed by atoms with E-state index in [0.29, 0.717) is 18.0 Å². The van der Waals surface area contributed by atoms with Crippen LogP contribution in [0, 0.1) is 0 Å². The molecule has 2 rings (SSSR count). The number of rotatable bonds is 3. The number of halogens is 1. The Hall–Kier alpha value is -0.470. The molecule has 0 aromatic heterocycles. The second-order valence-corrected chi connectivity index (χ2v) is 7.07. The summed E-state index contributed by atoms with van der Waals surface area (Å²) in [7, 11) is -3.44. The molecule has 1 aromatic carbocycles. The van der Waals surface area contributed by atoms with Gasteiger partial charge in [-0.15, -0.1) is 0 Å². The van der Waals surface area contributed by atoms with Crippen molar-refractivity contribution in [3.8, 4) is 0 Å². The number of piperidine rings is 1. The fourth-order valence-corrected chi connectivity index (χ4v) is 3.76. The maximum atomic E-state index is 12.4.